The Hall–Kier alpha value is -2.62. The van der Waals surface area contributed by atoms with Gasteiger partial charge in [-0.3, -0.25) is 9.89 Å². The quantitative estimate of drug-likeness (QED) is 0.831. The molecule has 1 saturated heterocycles. The van der Waals surface area contributed by atoms with Gasteiger partial charge in [0.25, 0.3) is 0 Å². The molecule has 0 radical (unpaired) electrons. The number of carbonyl (C=O) groups excluding carboxylic acids is 1. The largest absolute Gasteiger partial charge is 0.352 e. The number of pyridine rings is 1. The van der Waals surface area contributed by atoms with E-state index in [0.717, 1.165) is 16.7 Å². The van der Waals surface area contributed by atoms with Crippen molar-refractivity contribution in [1.82, 2.24) is 15.2 Å². The molecule has 0 spiro atoms. The number of aromatic nitrogens is 3. The lowest BCUT2D eigenvalue weighted by molar-refractivity contribution is -0.114. The maximum atomic E-state index is 11.0. The number of nitrogens with one attached hydrogen (secondary N) is 2. The van der Waals surface area contributed by atoms with Gasteiger partial charge in [0.05, 0.1) is 22.9 Å². The molecule has 19 heavy (non-hydrogen) atoms. The predicted molar refractivity (Wildman–Crippen MR) is 69.5 cm³/mol. The summed E-state index contributed by atoms with van der Waals surface area (Å²) < 4.78 is 0. The first-order valence-electron chi connectivity index (χ1n) is 5.93. The zero-order valence-corrected chi connectivity index (χ0v) is 10.3. The molecule has 0 bridgehead atoms. The van der Waals surface area contributed by atoms with Gasteiger partial charge in [0.15, 0.2) is 5.82 Å². The summed E-state index contributed by atoms with van der Waals surface area (Å²) in [5.74, 6) is 1.22. The van der Waals surface area contributed by atoms with Crippen molar-refractivity contribution in [2.45, 2.75) is 6.92 Å². The van der Waals surface area contributed by atoms with Crippen LogP contribution >= 0.6 is 0 Å². The first kappa shape index (κ1) is 11.5. The van der Waals surface area contributed by atoms with Crippen molar-refractivity contribution in [1.29, 1.82) is 5.26 Å². The number of anilines is 2. The molecule has 3 heterocycles. The van der Waals surface area contributed by atoms with Crippen LogP contribution in [0, 0.1) is 17.2 Å². The normalized spacial score (nSPS) is 15.1. The minimum atomic E-state index is -0.161. The molecular weight excluding hydrogens is 244 g/mol. The van der Waals surface area contributed by atoms with Crippen LogP contribution < -0.4 is 10.2 Å². The summed E-state index contributed by atoms with van der Waals surface area (Å²) in [6, 6.07) is 3.97. The van der Waals surface area contributed by atoms with Crippen molar-refractivity contribution < 1.29 is 4.79 Å². The van der Waals surface area contributed by atoms with Crippen LogP contribution in [0.3, 0.4) is 0 Å². The number of nitrogens with zero attached hydrogens (tertiary/aromatic N) is 4. The number of H-pyrrole nitrogens is 1. The van der Waals surface area contributed by atoms with Gasteiger partial charge in [0.2, 0.25) is 5.91 Å². The van der Waals surface area contributed by atoms with Gasteiger partial charge >= 0.3 is 0 Å². The van der Waals surface area contributed by atoms with E-state index in [1.807, 2.05) is 4.90 Å². The molecule has 1 amide bonds. The summed E-state index contributed by atoms with van der Waals surface area (Å²) in [4.78, 5) is 17.2. The molecule has 1 aliphatic rings. The standard InChI is InChI=1S/C12H12N6O/c1-7(19)15-11-2-10-9(4-14-11)12(17-16-10)18-5-8(3-13)6-18/h2,4,8H,5-6H2,1H3,(H,16,17)(H,14,15,19). The number of hydrogen-bond donors (Lipinski definition) is 2. The molecule has 2 N–H and O–H groups in total. The zero-order valence-electron chi connectivity index (χ0n) is 10.3. The Morgan fingerprint density at radius 2 is 2.42 bits per heavy atom. The van der Waals surface area contributed by atoms with E-state index in [0.29, 0.717) is 18.9 Å². The topological polar surface area (TPSA) is 97.7 Å². The second-order valence-corrected chi connectivity index (χ2v) is 4.57. The molecule has 7 nitrogen and oxygen atoms in total. The van der Waals surface area contributed by atoms with Crippen LogP contribution in [0.15, 0.2) is 12.3 Å². The smallest absolute Gasteiger partial charge is 0.222 e. The molecule has 0 aromatic carbocycles. The van der Waals surface area contributed by atoms with E-state index in [1.54, 1.807) is 12.3 Å². The fourth-order valence-corrected chi connectivity index (χ4v) is 2.12. The Morgan fingerprint density at radius 3 is 3.11 bits per heavy atom. The first-order valence-corrected chi connectivity index (χ1v) is 5.93. The molecule has 1 aliphatic heterocycles. The SMILES string of the molecule is CC(=O)Nc1cc2[nH]nc(N3CC(C#N)C3)c2cn1. The lowest BCUT2D eigenvalue weighted by Gasteiger charge is -2.35. The molecule has 1 fully saturated rings. The second-order valence-electron chi connectivity index (χ2n) is 4.57. The van der Waals surface area contributed by atoms with E-state index in [9.17, 15) is 4.79 Å². The van der Waals surface area contributed by atoms with Crippen LogP contribution in [-0.2, 0) is 4.79 Å². The Morgan fingerprint density at radius 1 is 1.63 bits per heavy atom. The average Bonchev–Trinajstić information content (AvgIpc) is 2.70. The number of aromatic amines is 1. The fourth-order valence-electron chi connectivity index (χ4n) is 2.12. The zero-order chi connectivity index (χ0) is 13.4. The van der Waals surface area contributed by atoms with Gasteiger partial charge in [0.1, 0.15) is 5.82 Å². The van der Waals surface area contributed by atoms with Crippen molar-refractivity contribution in [3.8, 4) is 6.07 Å². The minimum absolute atomic E-state index is 0.0818. The van der Waals surface area contributed by atoms with Crippen molar-refractivity contribution in [3.05, 3.63) is 12.3 Å². The summed E-state index contributed by atoms with van der Waals surface area (Å²) in [5.41, 5.74) is 0.814. The molecule has 96 valence electrons. The summed E-state index contributed by atoms with van der Waals surface area (Å²) in [6.45, 7) is 2.83. The van der Waals surface area contributed by atoms with Crippen LogP contribution in [0.25, 0.3) is 10.9 Å². The number of amides is 1. The first-order chi connectivity index (χ1) is 9.17. The highest BCUT2D eigenvalue weighted by atomic mass is 16.1. The summed E-state index contributed by atoms with van der Waals surface area (Å²) >= 11 is 0. The summed E-state index contributed by atoms with van der Waals surface area (Å²) in [6.07, 6.45) is 1.68. The highest BCUT2D eigenvalue weighted by Crippen LogP contribution is 2.29. The highest BCUT2D eigenvalue weighted by Gasteiger charge is 2.29. The second kappa shape index (κ2) is 4.24. The van der Waals surface area contributed by atoms with Crippen molar-refractivity contribution >= 4 is 28.4 Å². The number of fused-ring (bicyclic) bond motifs is 1. The van der Waals surface area contributed by atoms with E-state index in [1.165, 1.54) is 6.92 Å². The number of nitriles is 1. The monoisotopic (exact) mass is 256 g/mol. The number of hydrogen-bond acceptors (Lipinski definition) is 5. The molecule has 7 heteroatoms. The highest BCUT2D eigenvalue weighted by molar-refractivity contribution is 5.94. The van der Waals surface area contributed by atoms with Crippen LogP contribution in [0.5, 0.6) is 0 Å². The van der Waals surface area contributed by atoms with E-state index >= 15 is 0 Å². The van der Waals surface area contributed by atoms with Gasteiger partial charge in [-0.15, -0.1) is 0 Å². The third-order valence-electron chi connectivity index (χ3n) is 3.09. The van der Waals surface area contributed by atoms with Gasteiger partial charge in [-0.1, -0.05) is 0 Å². The van der Waals surface area contributed by atoms with Crippen molar-refractivity contribution in [2.75, 3.05) is 23.3 Å². The van der Waals surface area contributed by atoms with E-state index in [2.05, 4.69) is 26.6 Å². The molecule has 2 aromatic heterocycles. The Kier molecular flexibility index (Phi) is 2.56. The molecule has 3 rings (SSSR count). The summed E-state index contributed by atoms with van der Waals surface area (Å²) in [7, 11) is 0. The molecule has 0 unspecified atom stereocenters. The minimum Gasteiger partial charge on any atom is -0.352 e. The average molecular weight is 256 g/mol. The summed E-state index contributed by atoms with van der Waals surface area (Å²) in [5, 5.41) is 19.5. The molecule has 2 aromatic rings. The van der Waals surface area contributed by atoms with Gasteiger partial charge in [-0.2, -0.15) is 10.4 Å². The predicted octanol–water partition coefficient (Wildman–Crippen LogP) is 0.876. The van der Waals surface area contributed by atoms with E-state index in [4.69, 9.17) is 5.26 Å². The molecule has 0 saturated carbocycles. The van der Waals surface area contributed by atoms with Crippen molar-refractivity contribution in [2.24, 2.45) is 5.92 Å². The van der Waals surface area contributed by atoms with Gasteiger partial charge in [-0.05, 0) is 0 Å². The van der Waals surface area contributed by atoms with Gasteiger partial charge < -0.3 is 10.2 Å². The Labute approximate surface area is 109 Å². The molecule has 0 aliphatic carbocycles. The Bertz CT molecular complexity index is 679. The molecule has 0 atom stereocenters. The van der Waals surface area contributed by atoms with E-state index in [-0.39, 0.29) is 11.8 Å². The lowest BCUT2D eigenvalue weighted by Crippen LogP contribution is -2.46. The maximum Gasteiger partial charge on any atom is 0.222 e. The molecular formula is C12H12N6O. The Balaban J connectivity index is 1.88. The number of rotatable bonds is 2. The van der Waals surface area contributed by atoms with Gasteiger partial charge in [-0.25, -0.2) is 4.98 Å². The van der Waals surface area contributed by atoms with Crippen LogP contribution in [0.1, 0.15) is 6.92 Å². The maximum absolute atomic E-state index is 11.0. The third-order valence-corrected chi connectivity index (χ3v) is 3.09. The van der Waals surface area contributed by atoms with E-state index < -0.39 is 0 Å². The lowest BCUT2D eigenvalue weighted by atomic mass is 10.0. The van der Waals surface area contributed by atoms with Crippen molar-refractivity contribution in [3.63, 3.8) is 0 Å². The van der Waals surface area contributed by atoms with Crippen LogP contribution in [0.4, 0.5) is 11.6 Å². The fraction of sp³-hybridized carbons (Fsp3) is 0.333. The number of carbonyl (C=O) groups is 1. The van der Waals surface area contributed by atoms with Crippen LogP contribution in [0.2, 0.25) is 0 Å². The third kappa shape index (κ3) is 1.97. The van der Waals surface area contributed by atoms with Gasteiger partial charge in [0, 0.05) is 32.3 Å². The van der Waals surface area contributed by atoms with Crippen LogP contribution in [-0.4, -0.2) is 34.2 Å².